The Morgan fingerprint density at radius 3 is 2.50 bits per heavy atom. The minimum atomic E-state index is -3.36. The van der Waals surface area contributed by atoms with E-state index in [-0.39, 0.29) is 6.04 Å². The van der Waals surface area contributed by atoms with E-state index < -0.39 is 10.0 Å². The first-order valence-corrected chi connectivity index (χ1v) is 9.54. The number of aryl methyl sites for hydroxylation is 2. The quantitative estimate of drug-likeness (QED) is 0.908. The standard InChI is InChI=1S/C14H24N2O2S2/c1-4-7-16-8-5-13(6-9-16)15-20(17,18)14-10-11(2)19-12(14)3/h10,13,15H,4-9H2,1-3H3. The molecule has 20 heavy (non-hydrogen) atoms. The lowest BCUT2D eigenvalue weighted by molar-refractivity contribution is 0.208. The van der Waals surface area contributed by atoms with Gasteiger partial charge in [0.25, 0.3) is 0 Å². The maximum atomic E-state index is 12.4. The third-order valence-corrected chi connectivity index (χ3v) is 6.48. The molecule has 0 amide bonds. The van der Waals surface area contributed by atoms with Gasteiger partial charge >= 0.3 is 0 Å². The number of rotatable bonds is 5. The molecule has 0 aromatic carbocycles. The summed E-state index contributed by atoms with van der Waals surface area (Å²) < 4.78 is 27.7. The molecule has 0 spiro atoms. The van der Waals surface area contributed by atoms with Crippen LogP contribution in [0.15, 0.2) is 11.0 Å². The van der Waals surface area contributed by atoms with Crippen LogP contribution in [-0.2, 0) is 10.0 Å². The molecule has 2 rings (SSSR count). The van der Waals surface area contributed by atoms with Crippen LogP contribution in [0.3, 0.4) is 0 Å². The van der Waals surface area contributed by atoms with E-state index >= 15 is 0 Å². The van der Waals surface area contributed by atoms with E-state index in [2.05, 4.69) is 16.5 Å². The topological polar surface area (TPSA) is 49.4 Å². The molecule has 114 valence electrons. The Labute approximate surface area is 126 Å². The molecule has 1 N–H and O–H groups in total. The van der Waals surface area contributed by atoms with Gasteiger partial charge in [0.15, 0.2) is 0 Å². The van der Waals surface area contributed by atoms with Crippen LogP contribution in [0.2, 0.25) is 0 Å². The first-order chi connectivity index (χ1) is 9.42. The molecular weight excluding hydrogens is 292 g/mol. The molecule has 1 aliphatic rings. The zero-order valence-electron chi connectivity index (χ0n) is 12.5. The van der Waals surface area contributed by atoms with Crippen LogP contribution in [0, 0.1) is 13.8 Å². The van der Waals surface area contributed by atoms with Gasteiger partial charge in [0.05, 0.1) is 4.90 Å². The summed E-state index contributed by atoms with van der Waals surface area (Å²) in [5, 5.41) is 0. The molecule has 4 nitrogen and oxygen atoms in total. The van der Waals surface area contributed by atoms with Gasteiger partial charge in [0.1, 0.15) is 0 Å². The van der Waals surface area contributed by atoms with E-state index in [1.807, 2.05) is 13.8 Å². The number of thiophene rings is 1. The highest BCUT2D eigenvalue weighted by Gasteiger charge is 2.26. The fraction of sp³-hybridized carbons (Fsp3) is 0.714. The number of hydrogen-bond donors (Lipinski definition) is 1. The monoisotopic (exact) mass is 316 g/mol. The molecule has 1 aliphatic heterocycles. The minimum Gasteiger partial charge on any atom is -0.303 e. The van der Waals surface area contributed by atoms with Gasteiger partial charge in [-0.2, -0.15) is 0 Å². The van der Waals surface area contributed by atoms with Gasteiger partial charge in [-0.1, -0.05) is 6.92 Å². The Balaban J connectivity index is 1.98. The normalized spacial score (nSPS) is 18.6. The van der Waals surface area contributed by atoms with Crippen molar-refractivity contribution in [2.75, 3.05) is 19.6 Å². The van der Waals surface area contributed by atoms with Gasteiger partial charge in [0.2, 0.25) is 10.0 Å². The Kier molecular flexibility index (Phi) is 5.23. The van der Waals surface area contributed by atoms with Crippen molar-refractivity contribution < 1.29 is 8.42 Å². The van der Waals surface area contributed by atoms with Crippen molar-refractivity contribution in [3.8, 4) is 0 Å². The van der Waals surface area contributed by atoms with E-state index in [1.54, 1.807) is 6.07 Å². The van der Waals surface area contributed by atoms with E-state index in [0.29, 0.717) is 4.90 Å². The SMILES string of the molecule is CCCN1CCC(NS(=O)(=O)c2cc(C)sc2C)CC1. The highest BCUT2D eigenvalue weighted by molar-refractivity contribution is 7.89. The zero-order chi connectivity index (χ0) is 14.8. The Morgan fingerprint density at radius 2 is 2.00 bits per heavy atom. The summed E-state index contributed by atoms with van der Waals surface area (Å²) in [6, 6.07) is 1.85. The molecule has 0 bridgehead atoms. The molecular formula is C14H24N2O2S2. The van der Waals surface area contributed by atoms with E-state index in [1.165, 1.54) is 11.3 Å². The number of nitrogens with zero attached hydrogens (tertiary/aromatic N) is 1. The highest BCUT2D eigenvalue weighted by atomic mass is 32.2. The Bertz CT molecular complexity index is 544. The average Bonchev–Trinajstić information content (AvgIpc) is 2.72. The van der Waals surface area contributed by atoms with Crippen molar-refractivity contribution in [2.45, 2.75) is 51.0 Å². The maximum Gasteiger partial charge on any atom is 0.241 e. The minimum absolute atomic E-state index is 0.0766. The van der Waals surface area contributed by atoms with Crippen molar-refractivity contribution in [1.82, 2.24) is 9.62 Å². The number of nitrogens with one attached hydrogen (secondary N) is 1. The molecule has 1 aromatic heterocycles. The smallest absolute Gasteiger partial charge is 0.241 e. The van der Waals surface area contributed by atoms with Crippen LogP contribution in [0.25, 0.3) is 0 Å². The third kappa shape index (κ3) is 3.81. The Hall–Kier alpha value is -0.430. The summed E-state index contributed by atoms with van der Waals surface area (Å²) in [4.78, 5) is 4.78. The number of piperidine rings is 1. The number of hydrogen-bond acceptors (Lipinski definition) is 4. The van der Waals surface area contributed by atoms with Gasteiger partial charge in [-0.05, 0) is 58.8 Å². The molecule has 1 saturated heterocycles. The van der Waals surface area contributed by atoms with E-state index in [9.17, 15) is 8.42 Å². The van der Waals surface area contributed by atoms with Crippen molar-refractivity contribution in [3.05, 3.63) is 15.8 Å². The predicted octanol–water partition coefficient (Wildman–Crippen LogP) is 2.52. The van der Waals surface area contributed by atoms with Crippen molar-refractivity contribution in [2.24, 2.45) is 0 Å². The second-order valence-electron chi connectivity index (χ2n) is 5.51. The van der Waals surface area contributed by atoms with Crippen LogP contribution in [0.5, 0.6) is 0 Å². The van der Waals surface area contributed by atoms with Gasteiger partial charge in [-0.25, -0.2) is 13.1 Å². The fourth-order valence-corrected chi connectivity index (χ4v) is 5.61. The van der Waals surface area contributed by atoms with Crippen LogP contribution in [0.4, 0.5) is 0 Å². The maximum absolute atomic E-state index is 12.4. The second kappa shape index (κ2) is 6.56. The molecule has 6 heteroatoms. The first kappa shape index (κ1) is 15.9. The summed E-state index contributed by atoms with van der Waals surface area (Å²) in [6.07, 6.45) is 2.96. The molecule has 1 fully saturated rings. The lowest BCUT2D eigenvalue weighted by Crippen LogP contribution is -2.44. The van der Waals surface area contributed by atoms with Crippen LogP contribution in [-0.4, -0.2) is 39.0 Å². The highest BCUT2D eigenvalue weighted by Crippen LogP contribution is 2.25. The average molecular weight is 316 g/mol. The van der Waals surface area contributed by atoms with Crippen molar-refractivity contribution in [3.63, 3.8) is 0 Å². The van der Waals surface area contributed by atoms with E-state index in [4.69, 9.17) is 0 Å². The predicted molar refractivity (Wildman–Crippen MR) is 83.9 cm³/mol. The molecule has 0 aliphatic carbocycles. The third-order valence-electron chi connectivity index (χ3n) is 3.73. The molecule has 0 saturated carbocycles. The largest absolute Gasteiger partial charge is 0.303 e. The van der Waals surface area contributed by atoms with Crippen LogP contribution < -0.4 is 4.72 Å². The molecule has 2 heterocycles. The first-order valence-electron chi connectivity index (χ1n) is 7.24. The van der Waals surface area contributed by atoms with Gasteiger partial charge in [-0.15, -0.1) is 11.3 Å². The van der Waals surface area contributed by atoms with Gasteiger partial charge in [0, 0.05) is 15.8 Å². The van der Waals surface area contributed by atoms with Gasteiger partial charge < -0.3 is 4.90 Å². The van der Waals surface area contributed by atoms with Crippen LogP contribution in [0.1, 0.15) is 35.9 Å². The number of likely N-dealkylation sites (tertiary alicyclic amines) is 1. The molecule has 1 aromatic rings. The molecule has 0 atom stereocenters. The summed E-state index contributed by atoms with van der Waals surface area (Å²) in [5.74, 6) is 0. The fourth-order valence-electron chi connectivity index (χ4n) is 2.75. The molecule has 0 radical (unpaired) electrons. The van der Waals surface area contributed by atoms with Crippen molar-refractivity contribution in [1.29, 1.82) is 0 Å². The summed E-state index contributed by atoms with van der Waals surface area (Å²) in [7, 11) is -3.36. The summed E-state index contributed by atoms with van der Waals surface area (Å²) in [6.45, 7) is 9.08. The Morgan fingerprint density at radius 1 is 1.35 bits per heavy atom. The molecule has 0 unspecified atom stereocenters. The zero-order valence-corrected chi connectivity index (χ0v) is 14.1. The van der Waals surface area contributed by atoms with Gasteiger partial charge in [-0.3, -0.25) is 0 Å². The van der Waals surface area contributed by atoms with Crippen molar-refractivity contribution >= 4 is 21.4 Å². The lowest BCUT2D eigenvalue weighted by Gasteiger charge is -2.31. The second-order valence-corrected chi connectivity index (χ2v) is 8.66. The number of sulfonamides is 1. The van der Waals surface area contributed by atoms with Crippen LogP contribution >= 0.6 is 11.3 Å². The lowest BCUT2D eigenvalue weighted by atomic mass is 10.1. The van der Waals surface area contributed by atoms with E-state index in [0.717, 1.165) is 48.7 Å². The summed E-state index contributed by atoms with van der Waals surface area (Å²) in [5.41, 5.74) is 0. The summed E-state index contributed by atoms with van der Waals surface area (Å²) >= 11 is 1.54.